The fraction of sp³-hybridized carbons (Fsp3) is 0.590. The first-order chi connectivity index (χ1) is 25.3. The van der Waals surface area contributed by atoms with Gasteiger partial charge in [0.2, 0.25) is 0 Å². The van der Waals surface area contributed by atoms with E-state index in [0.29, 0.717) is 23.3 Å². The van der Waals surface area contributed by atoms with E-state index in [1.165, 1.54) is 44.2 Å². The monoisotopic (exact) mass is 837 g/mol. The summed E-state index contributed by atoms with van der Waals surface area (Å²) in [5.74, 6) is -1.27. The fourth-order valence-electron chi connectivity index (χ4n) is 6.06. The van der Waals surface area contributed by atoms with Gasteiger partial charge in [-0.05, 0) is 125 Å². The normalized spacial score (nSPS) is 20.0. The first-order valence-electron chi connectivity index (χ1n) is 18.1. The summed E-state index contributed by atoms with van der Waals surface area (Å²) >= 11 is 0. The Morgan fingerprint density at radius 3 is 2.04 bits per heavy atom. The van der Waals surface area contributed by atoms with Crippen molar-refractivity contribution < 1.29 is 53.7 Å². The van der Waals surface area contributed by atoms with Crippen LogP contribution in [-0.2, 0) is 37.3 Å². The number of aryl methyl sites for hydroxylation is 1. The van der Waals surface area contributed by atoms with Gasteiger partial charge >= 0.3 is 24.4 Å². The van der Waals surface area contributed by atoms with Gasteiger partial charge in [0, 0.05) is 19.1 Å². The molecule has 0 spiro atoms. The molecule has 0 unspecified atom stereocenters. The van der Waals surface area contributed by atoms with Gasteiger partial charge in [-0.3, -0.25) is 0 Å². The number of carbonyl (C=O) groups excluding carboxylic acids is 2. The topological polar surface area (TPSA) is 88.2 Å². The van der Waals surface area contributed by atoms with Crippen molar-refractivity contribution in [1.29, 1.82) is 0 Å². The molecule has 2 aromatic rings. The number of nitrogens with one attached hydrogen (secondary N) is 1. The average molecular weight is 838 g/mol. The minimum absolute atomic E-state index is 0.0253. The number of rotatable bonds is 10. The predicted octanol–water partition coefficient (Wildman–Crippen LogP) is 10.4. The summed E-state index contributed by atoms with van der Waals surface area (Å²) in [6.07, 6.45) is -8.31. The second kappa shape index (κ2) is 16.8. The van der Waals surface area contributed by atoms with Crippen molar-refractivity contribution in [2.45, 2.75) is 128 Å². The van der Waals surface area contributed by atoms with Crippen LogP contribution in [0.2, 0.25) is 18.1 Å². The summed E-state index contributed by atoms with van der Waals surface area (Å²) in [6.45, 7) is 18.2. The highest BCUT2D eigenvalue weighted by Crippen LogP contribution is 2.44. The molecular weight excluding hydrogens is 784 g/mol. The Hall–Kier alpha value is -3.44. The van der Waals surface area contributed by atoms with Crippen LogP contribution < -0.4 is 4.72 Å². The second-order valence-corrected chi connectivity index (χ2v) is 23.7. The molecule has 0 bridgehead atoms. The molecule has 0 aliphatic carbocycles. The summed E-state index contributed by atoms with van der Waals surface area (Å²) < 4.78 is 125. The van der Waals surface area contributed by atoms with Crippen molar-refractivity contribution in [3.05, 3.63) is 81.9 Å². The molecule has 1 heterocycles. The third-order valence-electron chi connectivity index (χ3n) is 10.7. The number of piperidine rings is 1. The molecule has 8 nitrogen and oxygen atoms in total. The number of hydrogen-bond acceptors (Lipinski definition) is 5. The van der Waals surface area contributed by atoms with Crippen molar-refractivity contribution in [2.24, 2.45) is 0 Å². The van der Waals surface area contributed by atoms with Crippen LogP contribution in [0.5, 0.6) is 0 Å². The Morgan fingerprint density at radius 1 is 1.02 bits per heavy atom. The highest BCUT2D eigenvalue weighted by Gasteiger charge is 2.47. The van der Waals surface area contributed by atoms with Crippen LogP contribution >= 0.6 is 0 Å². The summed E-state index contributed by atoms with van der Waals surface area (Å²) in [4.78, 5) is 30.0. The SMILES string of the molecule is COC(=O)/C(=C/C[C@]1(N[S@](=O)C(C)(C)C)CCN(C(=O)N(C)[C@H](C)c2cc(C(F)(F)F)cc(C(F)(F)F)c2)[C@@H](c2ccc(F)cc2C)C1)O[Si](C)(C)C(C)(C)C. The summed E-state index contributed by atoms with van der Waals surface area (Å²) in [5, 5.41) is -0.285. The highest BCUT2D eigenvalue weighted by atomic mass is 32.2. The number of carbonyl (C=O) groups is 2. The second-order valence-electron chi connectivity index (χ2n) is 17.0. The quantitative estimate of drug-likeness (QED) is 0.0847. The minimum atomic E-state index is -5.09. The number of benzene rings is 2. The zero-order valence-electron chi connectivity index (χ0n) is 34.0. The third-order valence-corrected chi connectivity index (χ3v) is 16.8. The van der Waals surface area contributed by atoms with E-state index in [-0.39, 0.29) is 48.2 Å². The van der Waals surface area contributed by atoms with E-state index in [4.69, 9.17) is 9.16 Å². The molecule has 1 saturated heterocycles. The molecular formula is C39H54F7N3O5SSi. The van der Waals surface area contributed by atoms with E-state index >= 15 is 0 Å². The fourth-order valence-corrected chi connectivity index (χ4v) is 8.05. The van der Waals surface area contributed by atoms with Crippen molar-refractivity contribution in [3.8, 4) is 0 Å². The summed E-state index contributed by atoms with van der Waals surface area (Å²) in [7, 11) is -1.74. The van der Waals surface area contributed by atoms with Gasteiger partial charge < -0.3 is 19.0 Å². The summed E-state index contributed by atoms with van der Waals surface area (Å²) in [5.41, 5.74) is -3.49. The molecule has 0 aromatic heterocycles. The average Bonchev–Trinajstić information content (AvgIpc) is 3.06. The predicted molar refractivity (Wildman–Crippen MR) is 205 cm³/mol. The number of amides is 2. The van der Waals surface area contributed by atoms with E-state index in [2.05, 4.69) is 4.72 Å². The van der Waals surface area contributed by atoms with Gasteiger partial charge in [0.15, 0.2) is 5.76 Å². The van der Waals surface area contributed by atoms with E-state index in [9.17, 15) is 44.5 Å². The maximum atomic E-state index is 14.5. The largest absolute Gasteiger partial charge is 0.539 e. The first kappa shape index (κ1) is 46.9. The maximum absolute atomic E-state index is 14.5. The van der Waals surface area contributed by atoms with Gasteiger partial charge in [0.25, 0.3) is 8.32 Å². The number of ether oxygens (including phenoxy) is 1. The summed E-state index contributed by atoms with van der Waals surface area (Å²) in [6, 6.07) is 2.40. The molecule has 0 radical (unpaired) electrons. The lowest BCUT2D eigenvalue weighted by Crippen LogP contribution is -2.59. The Bertz CT molecular complexity index is 1790. The van der Waals surface area contributed by atoms with E-state index < -0.39 is 83.0 Å². The molecule has 1 aliphatic rings. The van der Waals surface area contributed by atoms with Crippen LogP contribution in [0, 0.1) is 12.7 Å². The molecule has 2 aromatic carbocycles. The lowest BCUT2D eigenvalue weighted by Gasteiger charge is -2.49. The van der Waals surface area contributed by atoms with E-state index in [1.54, 1.807) is 33.8 Å². The number of alkyl halides is 6. The standard InChI is InChI=1S/C39H54F7N3O5SSi/c1-24-19-29(40)13-14-30(24)31-23-37(47-55(52)35(3,4)5,16-15-32(33(50)53-10)54-56(11,12)36(6,7)8)17-18-49(31)34(51)48(9)25(2)26-20-27(38(41,42)43)22-28(21-26)39(44,45)46/h13-15,19-22,25,31,47H,16-18,23H2,1-12H3/b32-15-/t25-,31-,37+,55-/m1/s1. The molecule has 4 atom stereocenters. The Balaban J connectivity index is 2.18. The van der Waals surface area contributed by atoms with Gasteiger partial charge in [0.1, 0.15) is 5.82 Å². The lowest BCUT2D eigenvalue weighted by molar-refractivity contribution is -0.143. The molecule has 314 valence electrons. The number of methoxy groups -OCH3 is 1. The molecule has 17 heteroatoms. The smallest absolute Gasteiger partial charge is 0.416 e. The van der Waals surface area contributed by atoms with Crippen molar-refractivity contribution >= 4 is 31.3 Å². The number of hydrogen-bond donors (Lipinski definition) is 1. The maximum Gasteiger partial charge on any atom is 0.416 e. The van der Waals surface area contributed by atoms with Gasteiger partial charge in [-0.15, -0.1) is 0 Å². The van der Waals surface area contributed by atoms with Crippen LogP contribution in [0.3, 0.4) is 0 Å². The Kier molecular flexibility index (Phi) is 14.1. The third kappa shape index (κ3) is 11.1. The van der Waals surface area contributed by atoms with Crippen LogP contribution in [0.15, 0.2) is 48.2 Å². The number of likely N-dealkylation sites (tertiary alicyclic amines) is 1. The van der Waals surface area contributed by atoms with Gasteiger partial charge in [-0.2, -0.15) is 26.3 Å². The number of nitrogens with zero attached hydrogens (tertiary/aromatic N) is 2. The molecule has 1 N–H and O–H groups in total. The molecule has 56 heavy (non-hydrogen) atoms. The molecule has 3 rings (SSSR count). The highest BCUT2D eigenvalue weighted by molar-refractivity contribution is 7.84. The van der Waals surface area contributed by atoms with Crippen LogP contribution in [0.25, 0.3) is 0 Å². The first-order valence-corrected chi connectivity index (χ1v) is 22.2. The lowest BCUT2D eigenvalue weighted by atomic mass is 9.78. The molecule has 2 amide bonds. The number of halogens is 7. The van der Waals surface area contributed by atoms with Crippen molar-refractivity contribution in [3.63, 3.8) is 0 Å². The van der Waals surface area contributed by atoms with E-state index in [1.807, 2.05) is 33.9 Å². The Morgan fingerprint density at radius 2 is 1.57 bits per heavy atom. The minimum Gasteiger partial charge on any atom is -0.539 e. The molecule has 1 fully saturated rings. The van der Waals surface area contributed by atoms with Gasteiger partial charge in [0.05, 0.1) is 46.1 Å². The molecule has 0 saturated carbocycles. The van der Waals surface area contributed by atoms with Crippen LogP contribution in [0.1, 0.15) is 108 Å². The molecule has 1 aliphatic heterocycles. The zero-order valence-corrected chi connectivity index (χ0v) is 35.8. The van der Waals surface area contributed by atoms with Crippen molar-refractivity contribution in [2.75, 3.05) is 20.7 Å². The van der Waals surface area contributed by atoms with Crippen LogP contribution in [-0.4, -0.2) is 65.3 Å². The Labute approximate surface area is 328 Å². The van der Waals surface area contributed by atoms with Gasteiger partial charge in [-0.1, -0.05) is 26.8 Å². The van der Waals surface area contributed by atoms with E-state index in [0.717, 1.165) is 4.90 Å². The van der Waals surface area contributed by atoms with Gasteiger partial charge in [-0.25, -0.2) is 22.9 Å². The van der Waals surface area contributed by atoms with Crippen LogP contribution in [0.4, 0.5) is 35.5 Å². The zero-order chi connectivity index (χ0) is 43.0. The van der Waals surface area contributed by atoms with Crippen molar-refractivity contribution in [1.82, 2.24) is 14.5 Å². The number of esters is 1. The number of urea groups is 1.